The van der Waals surface area contributed by atoms with Crippen LogP contribution in [0, 0.1) is 0 Å². The van der Waals surface area contributed by atoms with Crippen LogP contribution in [0.1, 0.15) is 5.56 Å². The van der Waals surface area contributed by atoms with Crippen LogP contribution < -0.4 is 9.71 Å². The molecule has 0 saturated carbocycles. The molecule has 0 bridgehead atoms. The molecule has 1 radical (unpaired) electrons. The monoisotopic (exact) mass is 307 g/mol. The molecule has 0 unspecified atom stereocenters. The molecule has 1 N–H and O–H groups in total. The molecule has 1 aromatic heterocycles. The van der Waals surface area contributed by atoms with E-state index in [1.54, 1.807) is 0 Å². The Kier molecular flexibility index (Phi) is 2.89. The van der Waals surface area contributed by atoms with Gasteiger partial charge < -0.3 is 5.23 Å². The second kappa shape index (κ2) is 5.20. The van der Waals surface area contributed by atoms with E-state index in [2.05, 4.69) is 65.9 Å². The van der Waals surface area contributed by atoms with Crippen molar-refractivity contribution in [1.29, 1.82) is 0 Å². The second-order valence-electron chi connectivity index (χ2n) is 5.92. The van der Waals surface area contributed by atoms with Gasteiger partial charge >= 0.3 is 13.4 Å². The normalized spacial score (nSPS) is 12.7. The zero-order valence-electron chi connectivity index (χ0n) is 13.0. The third kappa shape index (κ3) is 2.00. The summed E-state index contributed by atoms with van der Waals surface area (Å²) in [4.78, 5) is 4.83. The topological polar surface area (TPSA) is 28.3 Å². The average Bonchev–Trinajstić information content (AvgIpc) is 2.71. The molecule has 111 valence electrons. The summed E-state index contributed by atoms with van der Waals surface area (Å²) < 4.78 is 2.03. The van der Waals surface area contributed by atoms with E-state index in [0.717, 1.165) is 22.5 Å². The van der Waals surface area contributed by atoms with Gasteiger partial charge in [0.2, 0.25) is 0 Å². The van der Waals surface area contributed by atoms with Crippen LogP contribution in [0.15, 0.2) is 77.9 Å². The molecule has 2 heterocycles. The van der Waals surface area contributed by atoms with Crippen LogP contribution in [-0.4, -0.2) is 13.8 Å². The van der Waals surface area contributed by atoms with E-state index < -0.39 is 0 Å². The summed E-state index contributed by atoms with van der Waals surface area (Å²) in [5, 5.41) is 8.16. The highest BCUT2D eigenvalue weighted by Crippen LogP contribution is 2.28. The van der Waals surface area contributed by atoms with Crippen molar-refractivity contribution in [2.45, 2.75) is 0 Å². The maximum absolute atomic E-state index is 4.83. The number of hydrogen-bond donors (Lipinski definition) is 1. The summed E-state index contributed by atoms with van der Waals surface area (Å²) >= 11 is 0. The zero-order valence-corrected chi connectivity index (χ0v) is 13.0. The minimum atomic E-state index is 0.922. The van der Waals surface area contributed by atoms with E-state index in [1.165, 1.54) is 16.2 Å². The maximum Gasteiger partial charge on any atom is 0.544 e. The van der Waals surface area contributed by atoms with Crippen molar-refractivity contribution in [1.82, 2.24) is 0 Å². The molecule has 0 aliphatic carbocycles. The van der Waals surface area contributed by atoms with Crippen LogP contribution in [0.2, 0.25) is 0 Å². The zero-order chi connectivity index (χ0) is 15.9. The summed E-state index contributed by atoms with van der Waals surface area (Å²) in [6.45, 7) is 0. The van der Waals surface area contributed by atoms with E-state index in [0.29, 0.717) is 0 Å². The number of nitrogens with zero attached hydrogens (tertiary/aromatic N) is 2. The lowest BCUT2D eigenvalue weighted by Gasteiger charge is -2.08. The van der Waals surface area contributed by atoms with Gasteiger partial charge in [0.05, 0.1) is 11.6 Å². The van der Waals surface area contributed by atoms with E-state index >= 15 is 0 Å². The SMILES string of the molecule is [B]1Nc2cccc3cccc(c23)C=Nc2c3ccccc3cc[n+]21. The van der Waals surface area contributed by atoms with Gasteiger partial charge in [0.15, 0.2) is 0 Å². The Morgan fingerprint density at radius 3 is 2.62 bits per heavy atom. The highest BCUT2D eigenvalue weighted by Gasteiger charge is 2.19. The van der Waals surface area contributed by atoms with Crippen molar-refractivity contribution in [2.75, 3.05) is 5.23 Å². The fourth-order valence-corrected chi connectivity index (χ4v) is 3.32. The van der Waals surface area contributed by atoms with Gasteiger partial charge in [-0.05, 0) is 29.0 Å². The van der Waals surface area contributed by atoms with Crippen molar-refractivity contribution in [3.8, 4) is 0 Å². The molecule has 0 amide bonds. The molecule has 0 spiro atoms. The Balaban J connectivity index is 1.81. The molecule has 5 rings (SSSR count). The second-order valence-corrected chi connectivity index (χ2v) is 5.92. The third-order valence-electron chi connectivity index (χ3n) is 4.48. The van der Waals surface area contributed by atoms with Crippen LogP contribution in [0.5, 0.6) is 0 Å². The van der Waals surface area contributed by atoms with Gasteiger partial charge in [0.25, 0.3) is 0 Å². The van der Waals surface area contributed by atoms with E-state index in [9.17, 15) is 0 Å². The molecule has 0 saturated heterocycles. The van der Waals surface area contributed by atoms with Gasteiger partial charge in [-0.25, -0.2) is 0 Å². The number of fused-ring (bicyclic) bond motifs is 3. The molecular formula is C20H14BN3+. The first-order chi connectivity index (χ1) is 11.9. The van der Waals surface area contributed by atoms with Gasteiger partial charge in [-0.3, -0.25) is 4.48 Å². The van der Waals surface area contributed by atoms with Gasteiger partial charge in [-0.15, -0.1) is 0 Å². The minimum absolute atomic E-state index is 0.922. The molecule has 0 atom stereocenters. The first-order valence-corrected chi connectivity index (χ1v) is 7.99. The minimum Gasteiger partial charge on any atom is -0.388 e. The molecule has 3 nitrogen and oxygen atoms in total. The van der Waals surface area contributed by atoms with Crippen molar-refractivity contribution in [3.05, 3.63) is 78.5 Å². The molecule has 1 aliphatic heterocycles. The Bertz CT molecular complexity index is 1110. The number of pyridine rings is 1. The first kappa shape index (κ1) is 13.3. The lowest BCUT2D eigenvalue weighted by Crippen LogP contribution is -2.44. The van der Waals surface area contributed by atoms with Crippen molar-refractivity contribution in [3.63, 3.8) is 0 Å². The predicted octanol–water partition coefficient (Wildman–Crippen LogP) is 3.84. The Labute approximate surface area is 140 Å². The van der Waals surface area contributed by atoms with Crippen LogP contribution in [0.25, 0.3) is 21.5 Å². The third-order valence-corrected chi connectivity index (χ3v) is 4.48. The van der Waals surface area contributed by atoms with Crippen LogP contribution >= 0.6 is 0 Å². The van der Waals surface area contributed by atoms with Crippen LogP contribution in [0.4, 0.5) is 11.5 Å². The molecular weight excluding hydrogens is 293 g/mol. The van der Waals surface area contributed by atoms with Gasteiger partial charge in [0.1, 0.15) is 6.21 Å². The smallest absolute Gasteiger partial charge is 0.388 e. The summed E-state index contributed by atoms with van der Waals surface area (Å²) in [5.74, 6) is 0.922. The Hall–Kier alpha value is -3.14. The Morgan fingerprint density at radius 1 is 0.833 bits per heavy atom. The van der Waals surface area contributed by atoms with E-state index in [1.807, 2.05) is 30.5 Å². The highest BCUT2D eigenvalue weighted by atomic mass is 15.1. The summed E-state index contributed by atoms with van der Waals surface area (Å²) in [5.41, 5.74) is 2.20. The van der Waals surface area contributed by atoms with E-state index in [-0.39, 0.29) is 0 Å². The number of nitrogens with one attached hydrogen (secondary N) is 1. The van der Waals surface area contributed by atoms with E-state index in [4.69, 9.17) is 4.99 Å². The van der Waals surface area contributed by atoms with Gasteiger partial charge in [0, 0.05) is 16.6 Å². The summed E-state index contributed by atoms with van der Waals surface area (Å²) in [6.07, 6.45) is 4.00. The number of rotatable bonds is 0. The number of aliphatic imine (C=N–C) groups is 1. The fraction of sp³-hybridized carbons (Fsp3) is 0. The lowest BCUT2D eigenvalue weighted by molar-refractivity contribution is -0.512. The summed E-state index contributed by atoms with van der Waals surface area (Å²) in [7, 11) is 1.97. The average molecular weight is 307 g/mol. The number of aromatic nitrogens is 1. The molecule has 3 aromatic carbocycles. The quantitative estimate of drug-likeness (QED) is 0.491. The summed E-state index contributed by atoms with van der Waals surface area (Å²) in [6, 6.07) is 23.1. The predicted molar refractivity (Wildman–Crippen MR) is 100 cm³/mol. The number of benzene rings is 3. The lowest BCUT2D eigenvalue weighted by atomic mass is 10.0. The van der Waals surface area contributed by atoms with Crippen molar-refractivity contribution in [2.24, 2.45) is 4.99 Å². The number of anilines is 1. The fourth-order valence-electron chi connectivity index (χ4n) is 3.32. The largest absolute Gasteiger partial charge is 0.544 e. The highest BCUT2D eigenvalue weighted by molar-refractivity contribution is 6.33. The molecule has 24 heavy (non-hydrogen) atoms. The Morgan fingerprint density at radius 2 is 1.67 bits per heavy atom. The molecule has 4 aromatic rings. The molecule has 4 heteroatoms. The molecule has 0 fully saturated rings. The first-order valence-electron chi connectivity index (χ1n) is 7.99. The van der Waals surface area contributed by atoms with Crippen molar-refractivity contribution < 1.29 is 4.48 Å². The van der Waals surface area contributed by atoms with Gasteiger partial charge in [-0.1, -0.05) is 53.5 Å². The van der Waals surface area contributed by atoms with Gasteiger partial charge in [-0.2, -0.15) is 0 Å². The molecule has 1 aliphatic rings. The van der Waals surface area contributed by atoms with Crippen molar-refractivity contribution >= 4 is 46.8 Å². The standard InChI is InChI=1S/C20H14BN3/c1-2-9-17-14(5-1)11-12-24-20(17)22-13-16-8-3-6-15-7-4-10-18(19(15)16)23-21-24/h1-13,23H/q+1. The van der Waals surface area contributed by atoms with Crippen LogP contribution in [0.3, 0.4) is 0 Å². The van der Waals surface area contributed by atoms with Crippen LogP contribution in [-0.2, 0) is 0 Å². The number of hydrogen-bond acceptors (Lipinski definition) is 2. The maximum atomic E-state index is 4.83.